The first-order valence-electron chi connectivity index (χ1n) is 3.19. The van der Waals surface area contributed by atoms with E-state index >= 15 is 0 Å². The fourth-order valence-corrected chi connectivity index (χ4v) is 1.20. The third kappa shape index (κ3) is 3.70. The molecule has 2 nitrogen and oxygen atoms in total. The smallest absolute Gasteiger partial charge is 1.00 e. The normalized spacial score (nSPS) is 13.1. The zero-order valence-electron chi connectivity index (χ0n) is 8.21. The topological polar surface area (TPSA) is 37.3 Å². The molecular formula is C7H6F3NaO2S. The van der Waals surface area contributed by atoms with Crippen molar-refractivity contribution < 1.29 is 52.9 Å². The molecule has 7 heteroatoms. The first-order chi connectivity index (χ1) is 5.91. The minimum Gasteiger partial charge on any atom is -1.00 e. The average molecular weight is 234 g/mol. The molecule has 0 aliphatic carbocycles. The molecule has 1 aromatic rings. The van der Waals surface area contributed by atoms with Gasteiger partial charge in [-0.3, -0.25) is 0 Å². The van der Waals surface area contributed by atoms with Gasteiger partial charge in [0.2, 0.25) is 0 Å². The summed E-state index contributed by atoms with van der Waals surface area (Å²) < 4.78 is 55.1. The summed E-state index contributed by atoms with van der Waals surface area (Å²) in [7, 11) is 0. The summed E-state index contributed by atoms with van der Waals surface area (Å²) in [6, 6.07) is 3.74. The summed E-state index contributed by atoms with van der Waals surface area (Å²) in [4.78, 5) is -0.255. The molecule has 1 rings (SSSR count). The van der Waals surface area contributed by atoms with Crippen LogP contribution in [0.25, 0.3) is 0 Å². The van der Waals surface area contributed by atoms with Crippen LogP contribution >= 0.6 is 0 Å². The molecule has 0 fully saturated rings. The zero-order valence-corrected chi connectivity index (χ0v) is 10.0. The van der Waals surface area contributed by atoms with Crippen molar-refractivity contribution in [3.8, 4) is 0 Å². The first kappa shape index (κ1) is 14.1. The molecule has 0 aliphatic rings. The molecule has 1 aromatic carbocycles. The van der Waals surface area contributed by atoms with Gasteiger partial charge in [0.05, 0.1) is 10.5 Å². The molecule has 1 N–H and O–H groups in total. The monoisotopic (exact) mass is 234 g/mol. The van der Waals surface area contributed by atoms with E-state index in [9.17, 15) is 17.4 Å². The van der Waals surface area contributed by atoms with E-state index in [-0.39, 0.29) is 35.9 Å². The Balaban J connectivity index is 0. The first-order valence-corrected chi connectivity index (χ1v) is 4.30. The van der Waals surface area contributed by atoms with Gasteiger partial charge in [-0.2, -0.15) is 13.2 Å². The number of hydrogen-bond acceptors (Lipinski definition) is 1. The van der Waals surface area contributed by atoms with Gasteiger partial charge in [0, 0.05) is 0 Å². The van der Waals surface area contributed by atoms with Crippen LogP contribution in [0.1, 0.15) is 6.99 Å². The molecule has 0 saturated carbocycles. The van der Waals surface area contributed by atoms with Crippen LogP contribution in [-0.2, 0) is 17.3 Å². The van der Waals surface area contributed by atoms with Gasteiger partial charge in [-0.15, -0.1) is 0 Å². The van der Waals surface area contributed by atoms with E-state index < -0.39 is 22.8 Å². The van der Waals surface area contributed by atoms with E-state index in [1.807, 2.05) is 0 Å². The fraction of sp³-hybridized carbons (Fsp3) is 0.143. The number of benzene rings is 1. The minimum atomic E-state index is -4.48. The van der Waals surface area contributed by atoms with Crippen LogP contribution in [0.3, 0.4) is 0 Å². The van der Waals surface area contributed by atoms with Crippen LogP contribution < -0.4 is 29.6 Å². The summed E-state index contributed by atoms with van der Waals surface area (Å²) in [6.45, 7) is 0. The second-order valence-corrected chi connectivity index (χ2v) is 3.24. The Kier molecular flexibility index (Phi) is 5.32. The fourth-order valence-electron chi connectivity index (χ4n) is 0.781. The molecule has 0 aliphatic heterocycles. The molecule has 0 amide bonds. The molecule has 14 heavy (non-hydrogen) atoms. The van der Waals surface area contributed by atoms with E-state index in [2.05, 4.69) is 0 Å². The van der Waals surface area contributed by atoms with E-state index in [0.717, 1.165) is 18.2 Å². The zero-order chi connectivity index (χ0) is 10.1. The van der Waals surface area contributed by atoms with Gasteiger partial charge in [0.25, 0.3) is 0 Å². The third-order valence-corrected chi connectivity index (χ3v) is 2.02. The maximum absolute atomic E-state index is 12.1. The maximum atomic E-state index is 12.1. The maximum Gasteiger partial charge on any atom is 1.00 e. The Morgan fingerprint density at radius 2 is 1.93 bits per heavy atom. The standard InChI is InChI=1S/C7H5F3O2S.Na.H/c8-7(9,10)5-2-1-3-6(4-5)13(11)12;;/h1-4H,(H,11,12);;/q;+1;-1. The number of halogens is 3. The Hall–Kier alpha value is 0.120. The van der Waals surface area contributed by atoms with Crippen LogP contribution in [0.15, 0.2) is 29.2 Å². The second kappa shape index (κ2) is 5.27. The predicted molar refractivity (Wildman–Crippen MR) is 41.6 cm³/mol. The molecule has 0 saturated heterocycles. The number of alkyl halides is 3. The van der Waals surface area contributed by atoms with Gasteiger partial charge in [-0.1, -0.05) is 6.07 Å². The Morgan fingerprint density at radius 1 is 1.36 bits per heavy atom. The third-order valence-electron chi connectivity index (χ3n) is 1.36. The molecule has 1 unspecified atom stereocenters. The average Bonchev–Trinajstić information content (AvgIpc) is 2.03. The van der Waals surface area contributed by atoms with Crippen molar-refractivity contribution in [3.05, 3.63) is 29.8 Å². The second-order valence-electron chi connectivity index (χ2n) is 2.27. The van der Waals surface area contributed by atoms with Crippen molar-refractivity contribution in [1.29, 1.82) is 0 Å². The van der Waals surface area contributed by atoms with Gasteiger partial charge in [0.15, 0.2) is 11.1 Å². The van der Waals surface area contributed by atoms with Crippen LogP contribution in [0, 0.1) is 0 Å². The predicted octanol–water partition coefficient (Wildman–Crippen LogP) is -0.597. The summed E-state index contributed by atoms with van der Waals surface area (Å²) >= 11 is -2.37. The van der Waals surface area contributed by atoms with Crippen molar-refractivity contribution in [2.45, 2.75) is 11.1 Å². The van der Waals surface area contributed by atoms with Gasteiger partial charge < -0.3 is 5.98 Å². The van der Waals surface area contributed by atoms with E-state index in [0.29, 0.717) is 6.07 Å². The summed E-state index contributed by atoms with van der Waals surface area (Å²) in [5, 5.41) is 0. The quantitative estimate of drug-likeness (QED) is 0.520. The molecule has 74 valence electrons. The number of hydrogen-bond donors (Lipinski definition) is 1. The van der Waals surface area contributed by atoms with Crippen molar-refractivity contribution in [1.82, 2.24) is 0 Å². The van der Waals surface area contributed by atoms with E-state index in [4.69, 9.17) is 4.55 Å². The summed E-state index contributed by atoms with van der Waals surface area (Å²) in [6.07, 6.45) is -4.48. The molecule has 0 heterocycles. The van der Waals surface area contributed by atoms with Crippen LogP contribution in [0.4, 0.5) is 13.2 Å². The molecule has 0 spiro atoms. The van der Waals surface area contributed by atoms with Gasteiger partial charge in [-0.05, 0) is 18.2 Å². The van der Waals surface area contributed by atoms with E-state index in [1.165, 1.54) is 0 Å². The summed E-state index contributed by atoms with van der Waals surface area (Å²) in [5.41, 5.74) is -0.924. The van der Waals surface area contributed by atoms with Gasteiger partial charge in [0.1, 0.15) is 0 Å². The molecular weight excluding hydrogens is 228 g/mol. The Bertz CT molecular complexity index is 345. The van der Waals surface area contributed by atoms with Crippen molar-refractivity contribution >= 4 is 11.1 Å². The van der Waals surface area contributed by atoms with Crippen LogP contribution in [-0.4, -0.2) is 8.76 Å². The SMILES string of the molecule is O=S(O)c1cccc(C(F)(F)F)c1.[H-].[Na+]. The minimum absolute atomic E-state index is 0. The van der Waals surface area contributed by atoms with Crippen molar-refractivity contribution in [2.75, 3.05) is 0 Å². The molecule has 0 radical (unpaired) electrons. The summed E-state index contributed by atoms with van der Waals surface area (Å²) in [5.74, 6) is 0. The van der Waals surface area contributed by atoms with Gasteiger partial charge in [-0.25, -0.2) is 4.21 Å². The molecule has 0 bridgehead atoms. The van der Waals surface area contributed by atoms with E-state index in [1.54, 1.807) is 0 Å². The van der Waals surface area contributed by atoms with Crippen LogP contribution in [0.2, 0.25) is 0 Å². The van der Waals surface area contributed by atoms with Crippen molar-refractivity contribution in [3.63, 3.8) is 0 Å². The Morgan fingerprint density at radius 3 is 2.36 bits per heavy atom. The molecule has 1 atom stereocenters. The molecule has 0 aromatic heterocycles. The van der Waals surface area contributed by atoms with Crippen LogP contribution in [0.5, 0.6) is 0 Å². The Labute approximate surface area is 105 Å². The largest absolute Gasteiger partial charge is 1.00 e. The van der Waals surface area contributed by atoms with Gasteiger partial charge >= 0.3 is 35.7 Å². The number of rotatable bonds is 1. The van der Waals surface area contributed by atoms with Crippen molar-refractivity contribution in [2.24, 2.45) is 0 Å².